The highest BCUT2D eigenvalue weighted by Crippen LogP contribution is 2.35. The number of hydrogen-bond acceptors (Lipinski definition) is 5. The van der Waals surface area contributed by atoms with Gasteiger partial charge in [0.05, 0.1) is 36.8 Å². The average Bonchev–Trinajstić information content (AvgIpc) is 3.50. The van der Waals surface area contributed by atoms with Gasteiger partial charge in [-0.1, -0.05) is 84.9 Å². The first-order valence-electron chi connectivity index (χ1n) is 14.4. The number of carbonyl (C=O) groups is 1. The van der Waals surface area contributed by atoms with Gasteiger partial charge in [0.15, 0.2) is 0 Å². The van der Waals surface area contributed by atoms with Gasteiger partial charge in [-0.15, -0.1) is 0 Å². The lowest BCUT2D eigenvalue weighted by atomic mass is 9.96. The zero-order chi connectivity index (χ0) is 29.6. The van der Waals surface area contributed by atoms with E-state index in [9.17, 15) is 14.3 Å². The zero-order valence-electron chi connectivity index (χ0n) is 23.6. The Morgan fingerprint density at radius 3 is 2.53 bits per heavy atom. The van der Waals surface area contributed by atoms with Gasteiger partial charge >= 0.3 is 0 Å². The van der Waals surface area contributed by atoms with Crippen LogP contribution in [0.3, 0.4) is 0 Å². The van der Waals surface area contributed by atoms with E-state index in [1.807, 2.05) is 42.9 Å². The maximum atomic E-state index is 14.3. The van der Waals surface area contributed by atoms with Crippen LogP contribution in [0.25, 0.3) is 11.1 Å². The number of rotatable bonds is 10. The molecule has 1 aliphatic rings. The van der Waals surface area contributed by atoms with Crippen LogP contribution in [0, 0.1) is 5.82 Å². The molecule has 3 N–H and O–H groups in total. The van der Waals surface area contributed by atoms with E-state index in [0.717, 1.165) is 17.7 Å². The van der Waals surface area contributed by atoms with Crippen LogP contribution < -0.4 is 15.4 Å². The number of benzene rings is 4. The Kier molecular flexibility index (Phi) is 8.58. The lowest BCUT2D eigenvalue weighted by Crippen LogP contribution is -2.33. The van der Waals surface area contributed by atoms with Crippen molar-refractivity contribution >= 4 is 5.91 Å². The number of aromatic nitrogens is 2. The van der Waals surface area contributed by atoms with Crippen LogP contribution in [0.5, 0.6) is 5.75 Å². The van der Waals surface area contributed by atoms with Crippen LogP contribution in [0.15, 0.2) is 110 Å². The lowest BCUT2D eigenvalue weighted by molar-refractivity contribution is 0.0909. The highest BCUT2D eigenvalue weighted by molar-refractivity contribution is 5.97. The Hall–Kier alpha value is -4.79. The monoisotopic (exact) mass is 576 g/mol. The standard InChI is InChI=1S/C35H33FN4O3/c36-31-12-5-4-9-28(31)33(22-41)39-35(42)30-11-6-10-29-32(17-18-43-34(29)30)38-20-27-19-37-23-40(27)21-24-13-15-26(16-14-24)25-7-2-1-3-8-25/h1-16,19,23,32-33,38,41H,17-18,20-22H2,(H,39,42). The van der Waals surface area contributed by atoms with Gasteiger partial charge in [-0.3, -0.25) is 4.79 Å². The van der Waals surface area contributed by atoms with Crippen molar-refractivity contribution in [3.05, 3.63) is 143 Å². The number of hydrogen-bond donors (Lipinski definition) is 3. The Labute approximate surface area is 250 Å². The molecule has 8 heteroatoms. The largest absolute Gasteiger partial charge is 0.492 e. The smallest absolute Gasteiger partial charge is 0.255 e. The third-order valence-electron chi connectivity index (χ3n) is 7.83. The summed E-state index contributed by atoms with van der Waals surface area (Å²) in [5.41, 5.74) is 6.06. The number of carbonyl (C=O) groups excluding carboxylic acids is 1. The number of para-hydroxylation sites is 1. The van der Waals surface area contributed by atoms with Gasteiger partial charge in [-0.25, -0.2) is 9.37 Å². The van der Waals surface area contributed by atoms with Gasteiger partial charge in [-0.05, 0) is 28.8 Å². The number of imidazole rings is 1. The summed E-state index contributed by atoms with van der Waals surface area (Å²) in [6.45, 7) is 1.30. The fraction of sp³-hybridized carbons (Fsp3) is 0.200. The Bertz CT molecular complexity index is 1690. The molecule has 1 aromatic heterocycles. The molecule has 2 unspecified atom stereocenters. The molecule has 2 atom stereocenters. The maximum Gasteiger partial charge on any atom is 0.255 e. The molecule has 0 radical (unpaired) electrons. The van der Waals surface area contributed by atoms with Crippen LogP contribution in [0.4, 0.5) is 4.39 Å². The highest BCUT2D eigenvalue weighted by Gasteiger charge is 2.27. The van der Waals surface area contributed by atoms with Gasteiger partial charge in [0.2, 0.25) is 0 Å². The van der Waals surface area contributed by atoms with E-state index in [0.29, 0.717) is 31.0 Å². The van der Waals surface area contributed by atoms with Gasteiger partial charge in [0.1, 0.15) is 11.6 Å². The number of ether oxygens (including phenoxy) is 1. The predicted molar refractivity (Wildman–Crippen MR) is 163 cm³/mol. The van der Waals surface area contributed by atoms with Crippen molar-refractivity contribution < 1.29 is 19.0 Å². The lowest BCUT2D eigenvalue weighted by Gasteiger charge is -2.29. The number of nitrogens with zero attached hydrogens (tertiary/aromatic N) is 2. The van der Waals surface area contributed by atoms with Crippen molar-refractivity contribution in [1.29, 1.82) is 0 Å². The predicted octanol–water partition coefficient (Wildman–Crippen LogP) is 5.81. The molecule has 0 bridgehead atoms. The van der Waals surface area contributed by atoms with E-state index in [1.54, 1.807) is 24.3 Å². The van der Waals surface area contributed by atoms with Crippen LogP contribution in [0.2, 0.25) is 0 Å². The SMILES string of the molecule is O=C(NC(CO)c1ccccc1F)c1cccc2c1OCCC2NCc1cncn1Cc1ccc(-c2ccccc2)cc1. The molecule has 0 saturated heterocycles. The second-order valence-electron chi connectivity index (χ2n) is 10.6. The Morgan fingerprint density at radius 2 is 1.74 bits per heavy atom. The maximum absolute atomic E-state index is 14.3. The van der Waals surface area contributed by atoms with Crippen molar-refractivity contribution in [2.45, 2.75) is 31.6 Å². The third-order valence-corrected chi connectivity index (χ3v) is 7.83. The van der Waals surface area contributed by atoms with E-state index < -0.39 is 24.4 Å². The first-order valence-corrected chi connectivity index (χ1v) is 14.4. The van der Waals surface area contributed by atoms with Gasteiger partial charge in [0.25, 0.3) is 5.91 Å². The van der Waals surface area contributed by atoms with Crippen molar-refractivity contribution in [2.24, 2.45) is 0 Å². The summed E-state index contributed by atoms with van der Waals surface area (Å²) >= 11 is 0. The zero-order valence-corrected chi connectivity index (χ0v) is 23.6. The van der Waals surface area contributed by atoms with E-state index in [-0.39, 0.29) is 11.6 Å². The normalized spacial score (nSPS) is 14.9. The molecule has 6 rings (SSSR count). The molecule has 0 fully saturated rings. The molecule has 0 spiro atoms. The van der Waals surface area contributed by atoms with E-state index in [4.69, 9.17) is 4.74 Å². The summed E-state index contributed by atoms with van der Waals surface area (Å²) in [4.78, 5) is 17.7. The molecule has 1 amide bonds. The minimum absolute atomic E-state index is 0.0368. The first-order chi connectivity index (χ1) is 21.1. The summed E-state index contributed by atoms with van der Waals surface area (Å²) in [6.07, 6.45) is 4.45. The van der Waals surface area contributed by atoms with Crippen LogP contribution >= 0.6 is 0 Å². The first kappa shape index (κ1) is 28.3. The summed E-state index contributed by atoms with van der Waals surface area (Å²) in [7, 11) is 0. The minimum atomic E-state index is -0.878. The fourth-order valence-corrected chi connectivity index (χ4v) is 5.53. The quantitative estimate of drug-likeness (QED) is 0.195. The van der Waals surface area contributed by atoms with E-state index in [2.05, 4.69) is 56.6 Å². The van der Waals surface area contributed by atoms with Crippen LogP contribution in [0.1, 0.15) is 51.2 Å². The van der Waals surface area contributed by atoms with Crippen molar-refractivity contribution in [2.75, 3.05) is 13.2 Å². The third kappa shape index (κ3) is 6.35. The molecule has 4 aromatic carbocycles. The van der Waals surface area contributed by atoms with E-state index >= 15 is 0 Å². The van der Waals surface area contributed by atoms with Crippen LogP contribution in [-0.4, -0.2) is 33.8 Å². The summed E-state index contributed by atoms with van der Waals surface area (Å²) in [6, 6.07) is 29.5. The summed E-state index contributed by atoms with van der Waals surface area (Å²) in [5, 5.41) is 16.3. The molecular formula is C35H33FN4O3. The average molecular weight is 577 g/mol. The summed E-state index contributed by atoms with van der Waals surface area (Å²) in [5.74, 6) is -0.418. The molecule has 43 heavy (non-hydrogen) atoms. The Morgan fingerprint density at radius 1 is 0.977 bits per heavy atom. The minimum Gasteiger partial charge on any atom is -0.492 e. The number of amides is 1. The molecular weight excluding hydrogens is 543 g/mol. The Balaban J connectivity index is 1.13. The van der Waals surface area contributed by atoms with E-state index in [1.165, 1.54) is 22.8 Å². The molecule has 218 valence electrons. The highest BCUT2D eigenvalue weighted by atomic mass is 19.1. The van der Waals surface area contributed by atoms with Crippen molar-refractivity contribution in [3.63, 3.8) is 0 Å². The fourth-order valence-electron chi connectivity index (χ4n) is 5.53. The molecule has 0 saturated carbocycles. The second-order valence-corrected chi connectivity index (χ2v) is 10.6. The number of halogens is 1. The summed E-state index contributed by atoms with van der Waals surface area (Å²) < 4.78 is 22.4. The molecule has 1 aliphatic heterocycles. The molecule has 2 heterocycles. The van der Waals surface area contributed by atoms with Crippen LogP contribution in [-0.2, 0) is 13.1 Å². The number of aliphatic hydroxyl groups is 1. The topological polar surface area (TPSA) is 88.4 Å². The van der Waals surface area contributed by atoms with Crippen molar-refractivity contribution in [3.8, 4) is 16.9 Å². The molecule has 7 nitrogen and oxygen atoms in total. The second kappa shape index (κ2) is 13.0. The van der Waals surface area contributed by atoms with Crippen molar-refractivity contribution in [1.82, 2.24) is 20.2 Å². The molecule has 5 aromatic rings. The number of fused-ring (bicyclic) bond motifs is 1. The van der Waals surface area contributed by atoms with Gasteiger partial charge in [0, 0.05) is 42.9 Å². The molecule has 0 aliphatic carbocycles. The number of nitrogens with one attached hydrogen (secondary N) is 2. The number of aliphatic hydroxyl groups excluding tert-OH is 1. The van der Waals surface area contributed by atoms with Gasteiger partial charge in [-0.2, -0.15) is 0 Å². The van der Waals surface area contributed by atoms with Gasteiger partial charge < -0.3 is 25.0 Å².